The van der Waals surface area contributed by atoms with Gasteiger partial charge in [0, 0.05) is 5.56 Å². The summed E-state index contributed by atoms with van der Waals surface area (Å²) in [7, 11) is 1.53. The van der Waals surface area contributed by atoms with Gasteiger partial charge in [0.05, 0.1) is 19.2 Å². The summed E-state index contributed by atoms with van der Waals surface area (Å²) in [6, 6.07) is 22.1. The van der Waals surface area contributed by atoms with Crippen LogP contribution in [0.2, 0.25) is 0 Å². The maximum atomic E-state index is 13.1. The first-order valence-electron chi connectivity index (χ1n) is 8.65. The molecule has 28 heavy (non-hydrogen) atoms. The number of urea groups is 1. The van der Waals surface area contributed by atoms with E-state index in [-0.39, 0.29) is 12.1 Å². The third-order valence-electron chi connectivity index (χ3n) is 4.12. The Balaban J connectivity index is 1.91. The fourth-order valence-electron chi connectivity index (χ4n) is 2.75. The number of imide groups is 1. The number of primary amides is 1. The van der Waals surface area contributed by atoms with Crippen molar-refractivity contribution in [2.24, 2.45) is 5.73 Å². The topological polar surface area (TPSA) is 81.9 Å². The molecule has 6 nitrogen and oxygen atoms in total. The lowest BCUT2D eigenvalue weighted by atomic mass is 10.1. The van der Waals surface area contributed by atoms with E-state index in [4.69, 9.17) is 15.2 Å². The Morgan fingerprint density at radius 2 is 1.46 bits per heavy atom. The fraction of sp³-hybridized carbons (Fsp3) is 0.0909. The third-order valence-corrected chi connectivity index (χ3v) is 4.12. The minimum Gasteiger partial charge on any atom is -0.496 e. The van der Waals surface area contributed by atoms with Gasteiger partial charge in [-0.2, -0.15) is 0 Å². The first-order valence-corrected chi connectivity index (χ1v) is 8.65. The number of carbonyl (C=O) groups is 2. The molecule has 0 aliphatic heterocycles. The molecule has 3 rings (SSSR count). The van der Waals surface area contributed by atoms with Crippen LogP contribution in [0.3, 0.4) is 0 Å². The van der Waals surface area contributed by atoms with E-state index in [1.54, 1.807) is 54.6 Å². The van der Waals surface area contributed by atoms with Crippen molar-refractivity contribution in [1.82, 2.24) is 4.90 Å². The van der Waals surface area contributed by atoms with Gasteiger partial charge in [-0.1, -0.05) is 48.5 Å². The van der Waals surface area contributed by atoms with Gasteiger partial charge in [0.1, 0.15) is 17.2 Å². The molecule has 0 atom stereocenters. The summed E-state index contributed by atoms with van der Waals surface area (Å²) in [4.78, 5) is 26.1. The van der Waals surface area contributed by atoms with E-state index in [9.17, 15) is 9.59 Å². The number of benzene rings is 3. The Kier molecular flexibility index (Phi) is 5.91. The monoisotopic (exact) mass is 376 g/mol. The summed E-state index contributed by atoms with van der Waals surface area (Å²) < 4.78 is 11.1. The molecule has 0 aliphatic carbocycles. The molecule has 0 aliphatic rings. The zero-order valence-corrected chi connectivity index (χ0v) is 15.4. The molecule has 3 amide bonds. The van der Waals surface area contributed by atoms with Gasteiger partial charge in [0.25, 0.3) is 5.91 Å². The number of rotatable bonds is 6. The van der Waals surface area contributed by atoms with Gasteiger partial charge in [0.2, 0.25) is 0 Å². The number of carbonyl (C=O) groups excluding carboxylic acids is 2. The lowest BCUT2D eigenvalue weighted by Crippen LogP contribution is -2.40. The quantitative estimate of drug-likeness (QED) is 0.699. The Morgan fingerprint density at radius 1 is 0.857 bits per heavy atom. The average molecular weight is 376 g/mol. The van der Waals surface area contributed by atoms with Gasteiger partial charge in [-0.25, -0.2) is 4.79 Å². The van der Waals surface area contributed by atoms with Gasteiger partial charge < -0.3 is 15.2 Å². The lowest BCUT2D eigenvalue weighted by molar-refractivity contribution is 0.0795. The van der Waals surface area contributed by atoms with Gasteiger partial charge >= 0.3 is 6.03 Å². The highest BCUT2D eigenvalue weighted by atomic mass is 16.5. The Bertz CT molecular complexity index is 973. The second kappa shape index (κ2) is 8.73. The van der Waals surface area contributed by atoms with Crippen LogP contribution in [-0.4, -0.2) is 23.9 Å². The Labute approximate surface area is 163 Å². The highest BCUT2D eigenvalue weighted by Gasteiger charge is 2.25. The summed E-state index contributed by atoms with van der Waals surface area (Å²) in [5.41, 5.74) is 6.40. The second-order valence-corrected chi connectivity index (χ2v) is 5.95. The summed E-state index contributed by atoms with van der Waals surface area (Å²) in [6.07, 6.45) is 0. The van der Waals surface area contributed by atoms with Crippen molar-refractivity contribution in [3.63, 3.8) is 0 Å². The first-order chi connectivity index (χ1) is 13.6. The number of amides is 3. The highest BCUT2D eigenvalue weighted by molar-refractivity contribution is 6.05. The van der Waals surface area contributed by atoms with E-state index < -0.39 is 11.9 Å². The molecule has 0 unspecified atom stereocenters. The van der Waals surface area contributed by atoms with Gasteiger partial charge in [-0.3, -0.25) is 9.69 Å². The number of para-hydroxylation sites is 3. The van der Waals surface area contributed by atoms with Gasteiger partial charge in [0.15, 0.2) is 0 Å². The van der Waals surface area contributed by atoms with Crippen molar-refractivity contribution < 1.29 is 19.1 Å². The number of nitrogens with zero attached hydrogens (tertiary/aromatic N) is 1. The fourth-order valence-corrected chi connectivity index (χ4v) is 2.75. The van der Waals surface area contributed by atoms with E-state index in [2.05, 4.69) is 0 Å². The Morgan fingerprint density at radius 3 is 2.14 bits per heavy atom. The second-order valence-electron chi connectivity index (χ2n) is 5.95. The largest absolute Gasteiger partial charge is 0.496 e. The van der Waals surface area contributed by atoms with Crippen LogP contribution in [0, 0.1) is 0 Å². The van der Waals surface area contributed by atoms with Crippen LogP contribution in [-0.2, 0) is 6.54 Å². The predicted molar refractivity (Wildman–Crippen MR) is 105 cm³/mol. The van der Waals surface area contributed by atoms with Gasteiger partial charge in [-0.05, 0) is 30.3 Å². The van der Waals surface area contributed by atoms with Crippen LogP contribution >= 0.6 is 0 Å². The zero-order valence-electron chi connectivity index (χ0n) is 15.4. The van der Waals surface area contributed by atoms with Crippen molar-refractivity contribution in [2.75, 3.05) is 7.11 Å². The molecule has 3 aromatic rings. The smallest absolute Gasteiger partial charge is 0.322 e. The predicted octanol–water partition coefficient (Wildman–Crippen LogP) is 4.21. The molecule has 0 heterocycles. The molecular weight excluding hydrogens is 356 g/mol. The van der Waals surface area contributed by atoms with Crippen LogP contribution in [0.25, 0.3) is 0 Å². The molecule has 142 valence electrons. The summed E-state index contributed by atoms with van der Waals surface area (Å²) >= 11 is 0. The van der Waals surface area contributed by atoms with Crippen molar-refractivity contribution in [2.45, 2.75) is 6.54 Å². The minimum atomic E-state index is -0.856. The van der Waals surface area contributed by atoms with Crippen LogP contribution < -0.4 is 15.2 Å². The molecule has 0 fully saturated rings. The van der Waals surface area contributed by atoms with Crippen molar-refractivity contribution in [3.05, 3.63) is 90.0 Å². The number of hydrogen-bond donors (Lipinski definition) is 1. The zero-order chi connectivity index (χ0) is 19.9. The molecule has 0 aromatic heterocycles. The summed E-state index contributed by atoms with van der Waals surface area (Å²) in [5, 5.41) is 0. The first kappa shape index (κ1) is 19.0. The third kappa shape index (κ3) is 4.29. The van der Waals surface area contributed by atoms with Gasteiger partial charge in [-0.15, -0.1) is 0 Å². The highest BCUT2D eigenvalue weighted by Crippen LogP contribution is 2.27. The molecule has 0 saturated heterocycles. The molecule has 2 N–H and O–H groups in total. The molecular formula is C22H20N2O4. The molecule has 0 bridgehead atoms. The van der Waals surface area contributed by atoms with E-state index in [0.717, 1.165) is 4.90 Å². The number of hydrogen-bond acceptors (Lipinski definition) is 4. The molecule has 0 radical (unpaired) electrons. The summed E-state index contributed by atoms with van der Waals surface area (Å²) in [5.74, 6) is 0.934. The Hall–Kier alpha value is -3.80. The van der Waals surface area contributed by atoms with Crippen molar-refractivity contribution >= 4 is 11.9 Å². The van der Waals surface area contributed by atoms with Crippen LogP contribution in [0.4, 0.5) is 4.79 Å². The van der Waals surface area contributed by atoms with E-state index in [0.29, 0.717) is 22.8 Å². The average Bonchev–Trinajstić information content (AvgIpc) is 2.72. The molecule has 3 aromatic carbocycles. The van der Waals surface area contributed by atoms with E-state index in [1.165, 1.54) is 7.11 Å². The molecule has 0 saturated carbocycles. The number of methoxy groups -OCH3 is 1. The minimum absolute atomic E-state index is 0.0160. The molecule has 0 spiro atoms. The van der Waals surface area contributed by atoms with E-state index in [1.807, 2.05) is 24.3 Å². The SMILES string of the molecule is COc1ccccc1CN(C(N)=O)C(=O)c1ccccc1Oc1ccccc1. The lowest BCUT2D eigenvalue weighted by Gasteiger charge is -2.21. The number of ether oxygens (including phenoxy) is 2. The van der Waals surface area contributed by atoms with Crippen LogP contribution in [0.1, 0.15) is 15.9 Å². The number of nitrogens with two attached hydrogens (primary N) is 1. The van der Waals surface area contributed by atoms with Crippen molar-refractivity contribution in [3.8, 4) is 17.2 Å². The standard InChI is InChI=1S/C22H20N2O4/c1-27-19-13-7-5-9-16(19)15-24(22(23)26)21(25)18-12-6-8-14-20(18)28-17-10-3-2-4-11-17/h2-14H,15H2,1H3,(H2,23,26). The summed E-state index contributed by atoms with van der Waals surface area (Å²) in [6.45, 7) is -0.0160. The normalized spacial score (nSPS) is 10.2. The van der Waals surface area contributed by atoms with Crippen molar-refractivity contribution in [1.29, 1.82) is 0 Å². The van der Waals surface area contributed by atoms with E-state index >= 15 is 0 Å². The maximum absolute atomic E-state index is 13.1. The molecule has 6 heteroatoms. The maximum Gasteiger partial charge on any atom is 0.322 e. The van der Waals surface area contributed by atoms with Crippen LogP contribution in [0.5, 0.6) is 17.2 Å². The van der Waals surface area contributed by atoms with Crippen LogP contribution in [0.15, 0.2) is 78.9 Å².